The molecule has 0 bridgehead atoms. The van der Waals surface area contributed by atoms with Gasteiger partial charge in [0.15, 0.2) is 0 Å². The Morgan fingerprint density at radius 3 is 3.00 bits per heavy atom. The lowest BCUT2D eigenvalue weighted by Crippen LogP contribution is -2.54. The Kier molecular flexibility index (Phi) is 4.13. The average molecular weight is 322 g/mol. The Morgan fingerprint density at radius 2 is 2.26 bits per heavy atom. The molecule has 116 valence electrons. The zero-order valence-electron chi connectivity index (χ0n) is 13.1. The SMILES string of the molecule is C=CC(=O)N1CCN(c2nccc3cc([SiH3])ccc23)CC1C#N. The van der Waals surface area contributed by atoms with Crippen LogP contribution >= 0.6 is 0 Å². The minimum Gasteiger partial charge on any atom is -0.351 e. The van der Waals surface area contributed by atoms with Crippen molar-refractivity contribution in [3.05, 3.63) is 43.1 Å². The third-order valence-corrected chi connectivity index (χ3v) is 4.81. The van der Waals surface area contributed by atoms with E-state index >= 15 is 0 Å². The normalized spacial score (nSPS) is 18.0. The maximum Gasteiger partial charge on any atom is 0.247 e. The van der Waals surface area contributed by atoms with Crippen LogP contribution in [0.25, 0.3) is 10.8 Å². The monoisotopic (exact) mass is 322 g/mol. The maximum absolute atomic E-state index is 11.9. The van der Waals surface area contributed by atoms with Crippen molar-refractivity contribution in [1.29, 1.82) is 5.26 Å². The summed E-state index contributed by atoms with van der Waals surface area (Å²) in [5.74, 6) is 0.692. The smallest absolute Gasteiger partial charge is 0.247 e. The molecular formula is C17H18N4OSi. The van der Waals surface area contributed by atoms with E-state index in [1.165, 1.54) is 16.6 Å². The first-order chi connectivity index (χ1) is 11.1. The van der Waals surface area contributed by atoms with Crippen molar-refractivity contribution in [2.75, 3.05) is 24.5 Å². The number of fused-ring (bicyclic) bond motifs is 1. The molecule has 2 aromatic rings. The minimum absolute atomic E-state index is 0.192. The van der Waals surface area contributed by atoms with Gasteiger partial charge in [0.1, 0.15) is 11.9 Å². The van der Waals surface area contributed by atoms with Gasteiger partial charge in [0, 0.05) is 34.9 Å². The number of aromatic nitrogens is 1. The largest absolute Gasteiger partial charge is 0.351 e. The molecule has 0 saturated carbocycles. The van der Waals surface area contributed by atoms with Crippen LogP contribution in [0.5, 0.6) is 0 Å². The molecule has 1 saturated heterocycles. The summed E-state index contributed by atoms with van der Waals surface area (Å²) in [6.45, 7) is 5.13. The first kappa shape index (κ1) is 15.3. The molecule has 0 aliphatic carbocycles. The zero-order chi connectivity index (χ0) is 16.4. The molecule has 2 heterocycles. The van der Waals surface area contributed by atoms with Gasteiger partial charge in [-0.3, -0.25) is 4.79 Å². The minimum atomic E-state index is -0.482. The van der Waals surface area contributed by atoms with Crippen LogP contribution < -0.4 is 10.1 Å². The fraction of sp³-hybridized carbons (Fsp3) is 0.235. The Balaban J connectivity index is 1.94. The molecule has 0 radical (unpaired) electrons. The van der Waals surface area contributed by atoms with Gasteiger partial charge in [-0.15, -0.1) is 0 Å². The Morgan fingerprint density at radius 1 is 1.43 bits per heavy atom. The molecule has 6 heteroatoms. The highest BCUT2D eigenvalue weighted by molar-refractivity contribution is 6.33. The van der Waals surface area contributed by atoms with E-state index in [1.807, 2.05) is 6.07 Å². The van der Waals surface area contributed by atoms with Crippen molar-refractivity contribution in [2.45, 2.75) is 6.04 Å². The number of hydrogen-bond acceptors (Lipinski definition) is 4. The Hall–Kier alpha value is -2.65. The van der Waals surface area contributed by atoms with Gasteiger partial charge in [-0.2, -0.15) is 5.26 Å². The molecule has 1 aliphatic rings. The first-order valence-electron chi connectivity index (χ1n) is 7.57. The quantitative estimate of drug-likeness (QED) is 0.575. The van der Waals surface area contributed by atoms with Gasteiger partial charge in [0.25, 0.3) is 0 Å². The molecule has 1 aromatic carbocycles. The lowest BCUT2D eigenvalue weighted by Gasteiger charge is -2.38. The van der Waals surface area contributed by atoms with Crippen LogP contribution in [-0.2, 0) is 4.79 Å². The first-order valence-corrected chi connectivity index (χ1v) is 8.57. The molecule has 1 amide bonds. The van der Waals surface area contributed by atoms with Crippen LogP contribution in [-0.4, -0.2) is 51.7 Å². The van der Waals surface area contributed by atoms with Crippen molar-refractivity contribution in [1.82, 2.24) is 9.88 Å². The average Bonchev–Trinajstić information content (AvgIpc) is 2.59. The second-order valence-corrected chi connectivity index (χ2v) is 6.84. The summed E-state index contributed by atoms with van der Waals surface area (Å²) in [5, 5.41) is 13.0. The number of pyridine rings is 1. The van der Waals surface area contributed by atoms with Gasteiger partial charge in [-0.1, -0.05) is 30.0 Å². The fourth-order valence-corrected chi connectivity index (χ4v) is 3.48. The van der Waals surface area contributed by atoms with Crippen LogP contribution in [0.3, 0.4) is 0 Å². The second kappa shape index (κ2) is 6.22. The van der Waals surface area contributed by atoms with Crippen molar-refractivity contribution in [2.24, 2.45) is 0 Å². The summed E-state index contributed by atoms with van der Waals surface area (Å²) in [4.78, 5) is 20.0. The van der Waals surface area contributed by atoms with Gasteiger partial charge in [-0.05, 0) is 17.5 Å². The number of amides is 1. The summed E-state index contributed by atoms with van der Waals surface area (Å²) in [6.07, 6.45) is 3.07. The number of rotatable bonds is 2. The highest BCUT2D eigenvalue weighted by Gasteiger charge is 2.30. The number of anilines is 1. The van der Waals surface area contributed by atoms with Crippen molar-refractivity contribution in [3.63, 3.8) is 0 Å². The molecule has 1 aliphatic heterocycles. The van der Waals surface area contributed by atoms with E-state index in [1.54, 1.807) is 11.1 Å². The molecule has 3 rings (SSSR count). The van der Waals surface area contributed by atoms with Crippen LogP contribution in [0.15, 0.2) is 43.1 Å². The number of benzene rings is 1. The van der Waals surface area contributed by atoms with Gasteiger partial charge < -0.3 is 9.80 Å². The molecule has 1 atom stereocenters. The van der Waals surface area contributed by atoms with Gasteiger partial charge >= 0.3 is 0 Å². The third-order valence-electron chi connectivity index (χ3n) is 4.19. The van der Waals surface area contributed by atoms with Gasteiger partial charge in [0.2, 0.25) is 5.91 Å². The molecule has 0 N–H and O–H groups in total. The molecule has 5 nitrogen and oxygen atoms in total. The summed E-state index contributed by atoms with van der Waals surface area (Å²) in [6, 6.07) is 10.2. The number of carbonyl (C=O) groups is 1. The highest BCUT2D eigenvalue weighted by atomic mass is 28.1. The summed E-state index contributed by atoms with van der Waals surface area (Å²) < 4.78 is 0. The van der Waals surface area contributed by atoms with Crippen molar-refractivity contribution in [3.8, 4) is 6.07 Å². The molecule has 1 fully saturated rings. The Bertz CT molecular complexity index is 814. The van der Waals surface area contributed by atoms with Crippen molar-refractivity contribution >= 4 is 37.9 Å². The van der Waals surface area contributed by atoms with Crippen LogP contribution in [0.1, 0.15) is 0 Å². The maximum atomic E-state index is 11.9. The lowest BCUT2D eigenvalue weighted by atomic mass is 10.1. The van der Waals surface area contributed by atoms with Crippen LogP contribution in [0.2, 0.25) is 0 Å². The topological polar surface area (TPSA) is 60.2 Å². The van der Waals surface area contributed by atoms with Gasteiger partial charge in [-0.25, -0.2) is 4.98 Å². The summed E-state index contributed by atoms with van der Waals surface area (Å²) in [7, 11) is 1.01. The Labute approximate surface area is 138 Å². The number of carbonyl (C=O) groups excluding carboxylic acids is 1. The molecule has 1 aromatic heterocycles. The zero-order valence-corrected chi connectivity index (χ0v) is 15.1. The summed E-state index contributed by atoms with van der Waals surface area (Å²) in [5.41, 5.74) is 0. The number of piperazine rings is 1. The van der Waals surface area contributed by atoms with E-state index in [0.29, 0.717) is 19.6 Å². The second-order valence-electron chi connectivity index (χ2n) is 5.69. The lowest BCUT2D eigenvalue weighted by molar-refractivity contribution is -0.127. The standard InChI is InChI=1S/C17H18N4OSi/c1-2-16(22)21-8-7-20(11-13(21)10-18)17-15-4-3-14(23)9-12(15)5-6-19-17/h2-6,9,13H,1,7-8,11H2,23H3. The van der Waals surface area contributed by atoms with E-state index in [0.717, 1.165) is 21.4 Å². The van der Waals surface area contributed by atoms with E-state index in [-0.39, 0.29) is 5.91 Å². The van der Waals surface area contributed by atoms with Crippen LogP contribution in [0, 0.1) is 11.3 Å². The predicted molar refractivity (Wildman–Crippen MR) is 94.8 cm³/mol. The summed E-state index contributed by atoms with van der Waals surface area (Å²) >= 11 is 0. The number of nitrogens with zero attached hydrogens (tertiary/aromatic N) is 4. The number of hydrogen-bond donors (Lipinski definition) is 0. The van der Waals surface area contributed by atoms with Gasteiger partial charge in [0.05, 0.1) is 12.6 Å². The molecule has 23 heavy (non-hydrogen) atoms. The third kappa shape index (κ3) is 2.83. The molecular weight excluding hydrogens is 304 g/mol. The molecule has 0 spiro atoms. The van der Waals surface area contributed by atoms with E-state index in [4.69, 9.17) is 0 Å². The van der Waals surface area contributed by atoms with E-state index in [2.05, 4.69) is 40.7 Å². The molecule has 1 unspecified atom stereocenters. The fourth-order valence-electron chi connectivity index (χ4n) is 3.00. The van der Waals surface area contributed by atoms with Crippen molar-refractivity contribution < 1.29 is 4.79 Å². The van der Waals surface area contributed by atoms with E-state index in [9.17, 15) is 10.1 Å². The highest BCUT2D eigenvalue weighted by Crippen LogP contribution is 2.25. The number of nitriles is 1. The predicted octanol–water partition coefficient (Wildman–Crippen LogP) is -0.0477. The van der Waals surface area contributed by atoms with E-state index < -0.39 is 6.04 Å². The van der Waals surface area contributed by atoms with Crippen LogP contribution in [0.4, 0.5) is 5.82 Å².